The maximum atomic E-state index is 5.05. The predicted molar refractivity (Wildman–Crippen MR) is 65.1 cm³/mol. The lowest BCUT2D eigenvalue weighted by Gasteiger charge is -2.22. The molecule has 15 heavy (non-hydrogen) atoms. The van der Waals surface area contributed by atoms with Crippen LogP contribution in [0.3, 0.4) is 0 Å². The van der Waals surface area contributed by atoms with E-state index in [2.05, 4.69) is 19.2 Å². The fourth-order valence-corrected chi connectivity index (χ4v) is 2.39. The molecule has 0 amide bonds. The summed E-state index contributed by atoms with van der Waals surface area (Å²) in [5.41, 5.74) is 0.572. The molecule has 1 aliphatic rings. The average molecular weight is 213 g/mol. The summed E-state index contributed by atoms with van der Waals surface area (Å²) in [6.45, 7) is 6.80. The zero-order chi connectivity index (χ0) is 11.1. The van der Waals surface area contributed by atoms with Gasteiger partial charge in [0, 0.05) is 19.8 Å². The molecule has 1 unspecified atom stereocenters. The van der Waals surface area contributed by atoms with Crippen molar-refractivity contribution in [2.75, 3.05) is 20.3 Å². The monoisotopic (exact) mass is 213 g/mol. The summed E-state index contributed by atoms with van der Waals surface area (Å²) in [4.78, 5) is 0. The molecular weight excluding hydrogens is 186 g/mol. The molecule has 2 heteroatoms. The Bertz CT molecular complexity index is 168. The van der Waals surface area contributed by atoms with Gasteiger partial charge in [0.1, 0.15) is 0 Å². The van der Waals surface area contributed by atoms with E-state index >= 15 is 0 Å². The predicted octanol–water partition coefficient (Wildman–Crippen LogP) is 2.97. The van der Waals surface area contributed by atoms with Gasteiger partial charge in [-0.3, -0.25) is 0 Å². The van der Waals surface area contributed by atoms with E-state index in [0.717, 1.165) is 25.6 Å². The molecule has 0 spiro atoms. The summed E-state index contributed by atoms with van der Waals surface area (Å²) < 4.78 is 5.05. The van der Waals surface area contributed by atoms with Crippen molar-refractivity contribution in [2.24, 2.45) is 5.41 Å². The molecule has 90 valence electrons. The van der Waals surface area contributed by atoms with Crippen molar-refractivity contribution in [3.8, 4) is 0 Å². The summed E-state index contributed by atoms with van der Waals surface area (Å²) in [5, 5.41) is 3.65. The Kier molecular flexibility index (Phi) is 5.62. The largest absolute Gasteiger partial charge is 0.385 e. The van der Waals surface area contributed by atoms with E-state index in [4.69, 9.17) is 4.74 Å². The quantitative estimate of drug-likeness (QED) is 0.560. The van der Waals surface area contributed by atoms with Crippen molar-refractivity contribution in [1.29, 1.82) is 0 Å². The second-order valence-corrected chi connectivity index (χ2v) is 5.59. The lowest BCUT2D eigenvalue weighted by molar-refractivity contribution is 0.192. The molecule has 1 atom stereocenters. The number of hydrogen-bond acceptors (Lipinski definition) is 2. The molecule has 1 fully saturated rings. The van der Waals surface area contributed by atoms with Gasteiger partial charge in [0.25, 0.3) is 0 Å². The lowest BCUT2D eigenvalue weighted by atomic mass is 9.85. The van der Waals surface area contributed by atoms with Crippen molar-refractivity contribution >= 4 is 0 Å². The highest BCUT2D eigenvalue weighted by atomic mass is 16.5. The van der Waals surface area contributed by atoms with Crippen molar-refractivity contribution in [2.45, 2.75) is 58.4 Å². The van der Waals surface area contributed by atoms with Crippen LogP contribution in [0, 0.1) is 5.41 Å². The van der Waals surface area contributed by atoms with Gasteiger partial charge in [-0.25, -0.2) is 0 Å². The molecular formula is C13H27NO. The standard InChI is InChI=1S/C13H27NO/c1-13(2)8-4-6-12(7-9-13)14-10-5-11-15-3/h12,14H,4-11H2,1-3H3. The highest BCUT2D eigenvalue weighted by Gasteiger charge is 2.23. The normalized spacial score (nSPS) is 26.2. The van der Waals surface area contributed by atoms with Crippen molar-refractivity contribution in [3.63, 3.8) is 0 Å². The first-order valence-corrected chi connectivity index (χ1v) is 6.36. The average Bonchev–Trinajstić information content (AvgIpc) is 2.35. The van der Waals surface area contributed by atoms with Crippen LogP contribution in [0.5, 0.6) is 0 Å². The zero-order valence-electron chi connectivity index (χ0n) is 10.6. The number of nitrogens with one attached hydrogen (secondary N) is 1. The van der Waals surface area contributed by atoms with Crippen molar-refractivity contribution in [3.05, 3.63) is 0 Å². The molecule has 1 saturated carbocycles. The van der Waals surface area contributed by atoms with Crippen molar-refractivity contribution in [1.82, 2.24) is 5.32 Å². The first-order chi connectivity index (χ1) is 7.14. The summed E-state index contributed by atoms with van der Waals surface area (Å²) in [5.74, 6) is 0. The molecule has 0 radical (unpaired) electrons. The van der Waals surface area contributed by atoms with Crippen molar-refractivity contribution < 1.29 is 4.74 Å². The maximum absolute atomic E-state index is 5.05. The van der Waals surface area contributed by atoms with Gasteiger partial charge in [0.15, 0.2) is 0 Å². The molecule has 1 aliphatic carbocycles. The number of hydrogen-bond donors (Lipinski definition) is 1. The van der Waals surface area contributed by atoms with Gasteiger partial charge in [0.05, 0.1) is 0 Å². The van der Waals surface area contributed by atoms with E-state index in [0.29, 0.717) is 5.41 Å². The number of methoxy groups -OCH3 is 1. The maximum Gasteiger partial charge on any atom is 0.0474 e. The van der Waals surface area contributed by atoms with Gasteiger partial charge in [-0.05, 0) is 44.1 Å². The molecule has 0 aliphatic heterocycles. The minimum absolute atomic E-state index is 0.572. The smallest absolute Gasteiger partial charge is 0.0474 e. The summed E-state index contributed by atoms with van der Waals surface area (Å²) in [6.07, 6.45) is 7.99. The van der Waals surface area contributed by atoms with Gasteiger partial charge < -0.3 is 10.1 Å². The fourth-order valence-electron chi connectivity index (χ4n) is 2.39. The van der Waals surface area contributed by atoms with Crippen LogP contribution in [0.1, 0.15) is 52.4 Å². The van der Waals surface area contributed by atoms with Crippen LogP contribution in [-0.4, -0.2) is 26.3 Å². The Morgan fingerprint density at radius 3 is 2.80 bits per heavy atom. The minimum atomic E-state index is 0.572. The second-order valence-electron chi connectivity index (χ2n) is 5.59. The van der Waals surface area contributed by atoms with E-state index in [1.807, 2.05) is 0 Å². The topological polar surface area (TPSA) is 21.3 Å². The first kappa shape index (κ1) is 13.0. The minimum Gasteiger partial charge on any atom is -0.385 e. The summed E-state index contributed by atoms with van der Waals surface area (Å²) in [6, 6.07) is 0.753. The van der Waals surface area contributed by atoms with Gasteiger partial charge in [-0.1, -0.05) is 20.3 Å². The Morgan fingerprint density at radius 1 is 1.27 bits per heavy atom. The van der Waals surface area contributed by atoms with Crippen LogP contribution in [0.2, 0.25) is 0 Å². The van der Waals surface area contributed by atoms with Gasteiger partial charge in [-0.15, -0.1) is 0 Å². The van der Waals surface area contributed by atoms with E-state index in [1.54, 1.807) is 7.11 Å². The summed E-state index contributed by atoms with van der Waals surface area (Å²) >= 11 is 0. The molecule has 0 aromatic heterocycles. The third-order valence-corrected chi connectivity index (χ3v) is 3.53. The molecule has 2 nitrogen and oxygen atoms in total. The second kappa shape index (κ2) is 6.49. The zero-order valence-corrected chi connectivity index (χ0v) is 10.6. The van der Waals surface area contributed by atoms with E-state index < -0.39 is 0 Å². The third-order valence-electron chi connectivity index (χ3n) is 3.53. The van der Waals surface area contributed by atoms with Crippen LogP contribution < -0.4 is 5.32 Å². The Hall–Kier alpha value is -0.0800. The molecule has 0 bridgehead atoms. The van der Waals surface area contributed by atoms with E-state index in [9.17, 15) is 0 Å². The highest BCUT2D eigenvalue weighted by Crippen LogP contribution is 2.33. The molecule has 1 rings (SSSR count). The number of ether oxygens (including phenoxy) is 1. The van der Waals surface area contributed by atoms with Gasteiger partial charge in [0.2, 0.25) is 0 Å². The molecule has 0 aromatic carbocycles. The van der Waals surface area contributed by atoms with Gasteiger partial charge in [-0.2, -0.15) is 0 Å². The van der Waals surface area contributed by atoms with Crippen LogP contribution in [0.4, 0.5) is 0 Å². The molecule has 0 heterocycles. The first-order valence-electron chi connectivity index (χ1n) is 6.36. The SMILES string of the molecule is COCCCNC1CCCC(C)(C)CC1. The van der Waals surface area contributed by atoms with Crippen LogP contribution >= 0.6 is 0 Å². The molecule has 0 saturated heterocycles. The third kappa shape index (κ3) is 5.53. The Balaban J connectivity index is 2.14. The van der Waals surface area contributed by atoms with Crippen LogP contribution in [0.15, 0.2) is 0 Å². The van der Waals surface area contributed by atoms with E-state index in [1.165, 1.54) is 32.1 Å². The highest BCUT2D eigenvalue weighted by molar-refractivity contribution is 4.79. The van der Waals surface area contributed by atoms with E-state index in [-0.39, 0.29) is 0 Å². The van der Waals surface area contributed by atoms with Gasteiger partial charge >= 0.3 is 0 Å². The summed E-state index contributed by atoms with van der Waals surface area (Å²) in [7, 11) is 1.77. The lowest BCUT2D eigenvalue weighted by Crippen LogP contribution is -2.30. The van der Waals surface area contributed by atoms with Crippen LogP contribution in [0.25, 0.3) is 0 Å². The number of rotatable bonds is 5. The van der Waals surface area contributed by atoms with Crippen LogP contribution in [-0.2, 0) is 4.74 Å². The molecule has 0 aromatic rings. The molecule has 1 N–H and O–H groups in total. The Labute approximate surface area is 94.8 Å². The Morgan fingerprint density at radius 2 is 2.07 bits per heavy atom. The fraction of sp³-hybridized carbons (Fsp3) is 1.00.